The summed E-state index contributed by atoms with van der Waals surface area (Å²) >= 11 is 0. The van der Waals surface area contributed by atoms with Crippen molar-refractivity contribution in [3.8, 4) is 16.8 Å². The molecule has 1 heterocycles. The number of nitrogens with zero attached hydrogens (tertiary/aromatic N) is 2. The summed E-state index contributed by atoms with van der Waals surface area (Å²) < 4.78 is 2.24. The molecule has 7 aromatic rings. The molecule has 0 spiro atoms. The van der Waals surface area contributed by atoms with Crippen LogP contribution in [0.15, 0.2) is 121 Å². The summed E-state index contributed by atoms with van der Waals surface area (Å²) in [5, 5.41) is 19.1. The van der Waals surface area contributed by atoms with Gasteiger partial charge >= 0.3 is 0 Å². The van der Waals surface area contributed by atoms with Crippen LogP contribution in [0, 0.1) is 10.1 Å². The monoisotopic (exact) mass is 464 g/mol. The Labute approximate surface area is 206 Å². The van der Waals surface area contributed by atoms with Crippen molar-refractivity contribution in [2.45, 2.75) is 0 Å². The van der Waals surface area contributed by atoms with Crippen LogP contribution in [0.5, 0.6) is 0 Å². The molecule has 0 radical (unpaired) electrons. The zero-order valence-corrected chi connectivity index (χ0v) is 19.3. The van der Waals surface area contributed by atoms with Crippen LogP contribution < -0.4 is 0 Å². The van der Waals surface area contributed by atoms with Crippen molar-refractivity contribution in [3.05, 3.63) is 131 Å². The number of aromatic nitrogens is 1. The largest absolute Gasteiger partial charge is 0.309 e. The number of fused-ring (bicyclic) bond motifs is 7. The Morgan fingerprint density at radius 2 is 1.14 bits per heavy atom. The number of benzene rings is 6. The van der Waals surface area contributed by atoms with E-state index in [4.69, 9.17) is 0 Å². The van der Waals surface area contributed by atoms with Crippen molar-refractivity contribution >= 4 is 49.0 Å². The van der Waals surface area contributed by atoms with E-state index in [-0.39, 0.29) is 10.6 Å². The molecule has 0 unspecified atom stereocenters. The maximum atomic E-state index is 11.9. The summed E-state index contributed by atoms with van der Waals surface area (Å²) in [6, 6.07) is 40.5. The topological polar surface area (TPSA) is 48.1 Å². The third-order valence-electron chi connectivity index (χ3n) is 7.07. The highest BCUT2D eigenvalue weighted by Crippen LogP contribution is 2.41. The van der Waals surface area contributed by atoms with E-state index in [9.17, 15) is 10.1 Å². The highest BCUT2D eigenvalue weighted by Gasteiger charge is 2.20. The van der Waals surface area contributed by atoms with Crippen LogP contribution in [0.2, 0.25) is 0 Å². The molecule has 0 bridgehead atoms. The Morgan fingerprint density at radius 3 is 1.72 bits per heavy atom. The summed E-state index contributed by atoms with van der Waals surface area (Å²) in [5.41, 5.74) is 4.57. The van der Waals surface area contributed by atoms with E-state index in [1.165, 1.54) is 32.3 Å². The molecular weight excluding hydrogens is 444 g/mol. The van der Waals surface area contributed by atoms with Crippen LogP contribution in [-0.2, 0) is 0 Å². The Bertz CT molecular complexity index is 1880. The number of nitro groups is 1. The van der Waals surface area contributed by atoms with E-state index in [0.717, 1.165) is 22.3 Å². The Balaban J connectivity index is 1.65. The molecule has 4 nitrogen and oxygen atoms in total. The van der Waals surface area contributed by atoms with Crippen molar-refractivity contribution in [3.63, 3.8) is 0 Å². The van der Waals surface area contributed by atoms with Crippen molar-refractivity contribution in [2.24, 2.45) is 0 Å². The van der Waals surface area contributed by atoms with Gasteiger partial charge in [-0.2, -0.15) is 0 Å². The molecule has 1 aromatic heterocycles. The molecule has 0 N–H and O–H groups in total. The lowest BCUT2D eigenvalue weighted by Gasteiger charge is -2.11. The van der Waals surface area contributed by atoms with Crippen LogP contribution in [0.1, 0.15) is 0 Å². The maximum absolute atomic E-state index is 11.9. The molecule has 0 atom stereocenters. The highest BCUT2D eigenvalue weighted by atomic mass is 16.6. The van der Waals surface area contributed by atoms with E-state index in [2.05, 4.69) is 77.4 Å². The molecule has 0 aliphatic heterocycles. The van der Waals surface area contributed by atoms with Gasteiger partial charge in [-0.3, -0.25) is 10.1 Å². The predicted molar refractivity (Wildman–Crippen MR) is 148 cm³/mol. The minimum atomic E-state index is -0.307. The number of hydrogen-bond acceptors (Lipinski definition) is 2. The van der Waals surface area contributed by atoms with Gasteiger partial charge in [-0.05, 0) is 51.4 Å². The van der Waals surface area contributed by atoms with Gasteiger partial charge in [0.05, 0.1) is 21.5 Å². The Morgan fingerprint density at radius 1 is 0.583 bits per heavy atom. The first kappa shape index (κ1) is 20.4. The number of hydrogen-bond donors (Lipinski definition) is 0. The molecule has 6 aromatic carbocycles. The SMILES string of the molecule is O=[N+]([O-])c1ccc(-n2c3ccc4ccccc4c3c3c4ccccc4ccc32)cc1-c1ccccc1. The van der Waals surface area contributed by atoms with Crippen molar-refractivity contribution in [1.29, 1.82) is 0 Å². The third kappa shape index (κ3) is 2.95. The molecule has 0 saturated heterocycles. The van der Waals surface area contributed by atoms with Gasteiger partial charge in [0.25, 0.3) is 5.69 Å². The van der Waals surface area contributed by atoms with E-state index in [1.54, 1.807) is 6.07 Å². The number of nitro benzene ring substituents is 1. The molecule has 0 amide bonds. The second-order valence-electron chi connectivity index (χ2n) is 9.02. The Hall–Kier alpha value is -4.96. The zero-order valence-electron chi connectivity index (χ0n) is 19.3. The fourth-order valence-electron chi connectivity index (χ4n) is 5.50. The van der Waals surface area contributed by atoms with Crippen molar-refractivity contribution in [2.75, 3.05) is 0 Å². The van der Waals surface area contributed by atoms with Gasteiger partial charge in [0, 0.05) is 22.5 Å². The fraction of sp³-hybridized carbons (Fsp3) is 0. The van der Waals surface area contributed by atoms with Gasteiger partial charge in [-0.15, -0.1) is 0 Å². The fourth-order valence-corrected chi connectivity index (χ4v) is 5.50. The molecule has 4 heteroatoms. The first-order valence-electron chi connectivity index (χ1n) is 11.9. The molecule has 0 fully saturated rings. The molecule has 36 heavy (non-hydrogen) atoms. The molecule has 0 aliphatic rings. The molecule has 7 rings (SSSR count). The van der Waals surface area contributed by atoms with E-state index >= 15 is 0 Å². The minimum Gasteiger partial charge on any atom is -0.309 e. The summed E-state index contributed by atoms with van der Waals surface area (Å²) in [7, 11) is 0. The average molecular weight is 465 g/mol. The molecule has 0 aliphatic carbocycles. The average Bonchev–Trinajstić information content (AvgIpc) is 3.28. The van der Waals surface area contributed by atoms with Gasteiger partial charge in [0.2, 0.25) is 0 Å². The van der Waals surface area contributed by atoms with Crippen LogP contribution >= 0.6 is 0 Å². The first-order chi connectivity index (χ1) is 17.7. The van der Waals surface area contributed by atoms with Crippen LogP contribution in [0.25, 0.3) is 60.2 Å². The quantitative estimate of drug-likeness (QED) is 0.194. The normalized spacial score (nSPS) is 11.6. The molecular formula is C32H20N2O2. The second kappa shape index (κ2) is 7.79. The summed E-state index contributed by atoms with van der Waals surface area (Å²) in [4.78, 5) is 11.6. The van der Waals surface area contributed by atoms with E-state index in [1.807, 2.05) is 42.5 Å². The minimum absolute atomic E-state index is 0.0987. The van der Waals surface area contributed by atoms with Gasteiger partial charge < -0.3 is 4.57 Å². The van der Waals surface area contributed by atoms with E-state index < -0.39 is 0 Å². The predicted octanol–water partition coefficient (Wildman–Crippen LogP) is 8.67. The smallest absolute Gasteiger partial charge is 0.277 e. The lowest BCUT2D eigenvalue weighted by atomic mass is 10.00. The van der Waals surface area contributed by atoms with Crippen molar-refractivity contribution in [1.82, 2.24) is 4.57 Å². The van der Waals surface area contributed by atoms with Crippen molar-refractivity contribution < 1.29 is 4.92 Å². The van der Waals surface area contributed by atoms with Gasteiger partial charge in [0.15, 0.2) is 0 Å². The third-order valence-corrected chi connectivity index (χ3v) is 7.07. The Kier molecular flexibility index (Phi) is 4.42. The molecule has 170 valence electrons. The van der Waals surface area contributed by atoms with Gasteiger partial charge in [-0.1, -0.05) is 91.0 Å². The van der Waals surface area contributed by atoms with E-state index in [0.29, 0.717) is 5.56 Å². The first-order valence-corrected chi connectivity index (χ1v) is 11.9. The van der Waals surface area contributed by atoms with Crippen LogP contribution in [0.4, 0.5) is 5.69 Å². The van der Waals surface area contributed by atoms with Gasteiger partial charge in [0.1, 0.15) is 0 Å². The van der Waals surface area contributed by atoms with Crippen LogP contribution in [0.3, 0.4) is 0 Å². The summed E-state index contributed by atoms with van der Waals surface area (Å²) in [5.74, 6) is 0. The highest BCUT2D eigenvalue weighted by molar-refractivity contribution is 6.28. The van der Waals surface area contributed by atoms with Crippen LogP contribution in [-0.4, -0.2) is 9.49 Å². The summed E-state index contributed by atoms with van der Waals surface area (Å²) in [6.07, 6.45) is 0. The maximum Gasteiger partial charge on any atom is 0.277 e. The lowest BCUT2D eigenvalue weighted by molar-refractivity contribution is -0.384. The van der Waals surface area contributed by atoms with Gasteiger partial charge in [-0.25, -0.2) is 0 Å². The summed E-state index contributed by atoms with van der Waals surface area (Å²) in [6.45, 7) is 0. The standard InChI is InChI=1S/C32H20N2O2/c35-34(36)28-19-16-24(20-27(28)21-8-2-1-3-9-21)33-29-17-14-22-10-4-6-12-25(22)31(29)32-26-13-7-5-11-23(26)15-18-30(32)33/h1-20H. The molecule has 0 saturated carbocycles. The second-order valence-corrected chi connectivity index (χ2v) is 9.02. The lowest BCUT2D eigenvalue weighted by Crippen LogP contribution is -1.98. The number of rotatable bonds is 3. The zero-order chi connectivity index (χ0) is 24.2.